The van der Waals surface area contributed by atoms with Crippen LogP contribution in [0, 0.1) is 11.9 Å². The minimum atomic E-state index is -0.762. The summed E-state index contributed by atoms with van der Waals surface area (Å²) in [4.78, 5) is 77.0. The second-order valence-electron chi connectivity index (χ2n) is 13.3. The Hall–Kier alpha value is -5.98. The van der Waals surface area contributed by atoms with Gasteiger partial charge in [-0.05, 0) is 75.9 Å². The topological polar surface area (TPSA) is 238 Å². The average Bonchev–Trinajstić information content (AvgIpc) is 3.90. The molecular formula is C38H48ClF2N7O10. The van der Waals surface area contributed by atoms with Crippen molar-refractivity contribution in [1.82, 2.24) is 36.2 Å². The Balaban J connectivity index is 0.000000349. The van der Waals surface area contributed by atoms with E-state index in [2.05, 4.69) is 45.3 Å². The number of alkyl carbamates (subject to hydrolysis) is 1. The number of aromatic nitrogens is 4. The number of halogens is 3. The van der Waals surface area contributed by atoms with Crippen molar-refractivity contribution in [2.24, 2.45) is 0 Å². The number of carbonyl (C=O) groups excluding carboxylic acids is 5. The van der Waals surface area contributed by atoms with Crippen molar-refractivity contribution in [3.8, 4) is 5.88 Å². The molecule has 0 aliphatic heterocycles. The molecule has 4 rings (SSSR count). The summed E-state index contributed by atoms with van der Waals surface area (Å²) in [6, 6.07) is 6.09. The van der Waals surface area contributed by atoms with E-state index in [9.17, 15) is 37.5 Å². The number of hydrogen-bond donors (Lipinski definition) is 4. The van der Waals surface area contributed by atoms with E-state index in [4.69, 9.17) is 21.1 Å². The summed E-state index contributed by atoms with van der Waals surface area (Å²) < 4.78 is 44.9. The van der Waals surface area contributed by atoms with E-state index in [0.717, 1.165) is 43.8 Å². The van der Waals surface area contributed by atoms with E-state index in [1.54, 1.807) is 20.8 Å². The van der Waals surface area contributed by atoms with Crippen molar-refractivity contribution < 1.29 is 51.3 Å². The van der Waals surface area contributed by atoms with Crippen molar-refractivity contribution in [2.75, 3.05) is 19.0 Å². The molecule has 0 aliphatic carbocycles. The lowest BCUT2D eigenvalue weighted by molar-refractivity contribution is -0.123. The minimum Gasteiger partial charge on any atom is -0.467 e. The molecule has 0 unspecified atom stereocenters. The molecule has 0 bridgehead atoms. The van der Waals surface area contributed by atoms with Crippen molar-refractivity contribution in [1.29, 1.82) is 0 Å². The third kappa shape index (κ3) is 20.3. The van der Waals surface area contributed by atoms with Crippen LogP contribution in [0.5, 0.6) is 5.88 Å². The number of carbonyl (C=O) groups is 5. The second kappa shape index (κ2) is 26.0. The maximum Gasteiger partial charge on any atom is 0.407 e. The van der Waals surface area contributed by atoms with Crippen LogP contribution < -0.4 is 26.2 Å². The fourth-order valence-corrected chi connectivity index (χ4v) is 4.73. The number of unbranched alkanes of at least 4 members (excludes halogenated alkanes) is 3. The molecule has 4 aromatic rings. The summed E-state index contributed by atoms with van der Waals surface area (Å²) >= 11 is 5.60. The molecule has 4 N–H and O–H groups in total. The normalized spacial score (nSPS) is 11.6. The number of pyridine rings is 2. The first-order chi connectivity index (χ1) is 27.6. The Morgan fingerprint density at radius 1 is 0.828 bits per heavy atom. The predicted molar refractivity (Wildman–Crippen MR) is 205 cm³/mol. The van der Waals surface area contributed by atoms with Gasteiger partial charge in [-0.2, -0.15) is 13.9 Å². The maximum absolute atomic E-state index is 12.9. The molecule has 0 saturated heterocycles. The second-order valence-corrected chi connectivity index (χ2v) is 13.6. The van der Waals surface area contributed by atoms with E-state index in [1.165, 1.54) is 36.8 Å². The lowest BCUT2D eigenvalue weighted by Gasteiger charge is -2.20. The van der Waals surface area contributed by atoms with Gasteiger partial charge in [-0.1, -0.05) is 26.2 Å². The van der Waals surface area contributed by atoms with Crippen molar-refractivity contribution >= 4 is 41.1 Å². The average molecular weight is 836 g/mol. The van der Waals surface area contributed by atoms with Crippen LogP contribution in [0.15, 0.2) is 75.2 Å². The number of H-pyrrole nitrogens is 1. The van der Waals surface area contributed by atoms with E-state index in [0.29, 0.717) is 32.2 Å². The van der Waals surface area contributed by atoms with Gasteiger partial charge < -0.3 is 34.5 Å². The first-order valence-corrected chi connectivity index (χ1v) is 18.7. The molecule has 0 saturated carbocycles. The molecule has 3 amide bonds. The number of ketones is 2. The van der Waals surface area contributed by atoms with Gasteiger partial charge in [0, 0.05) is 31.1 Å². The number of nitrogens with zero attached hydrogens (tertiary/aromatic N) is 3. The van der Waals surface area contributed by atoms with Crippen LogP contribution in [0.25, 0.3) is 0 Å². The smallest absolute Gasteiger partial charge is 0.407 e. The zero-order valence-electron chi connectivity index (χ0n) is 32.6. The molecular weight excluding hydrogens is 788 g/mol. The van der Waals surface area contributed by atoms with Gasteiger partial charge in [0.1, 0.15) is 18.1 Å². The summed E-state index contributed by atoms with van der Waals surface area (Å²) in [5, 5.41) is 13.5. The highest BCUT2D eigenvalue weighted by molar-refractivity contribution is 6.28. The molecule has 20 heteroatoms. The molecule has 4 aromatic heterocycles. The SMILES string of the molecule is CC(C)(C)OC(=O)NCCCC[C@H](NC(=O)c1ccc(F)nc1)C(=O)CCl.CCCCC[C@H](NC(=O)c1ccc(F)nc1)C(=O)COc1ccon1.O=c1cco[nH]1. The third-order valence-corrected chi connectivity index (χ3v) is 7.67. The van der Waals surface area contributed by atoms with Gasteiger partial charge in [0.05, 0.1) is 29.1 Å². The van der Waals surface area contributed by atoms with E-state index < -0.39 is 47.5 Å². The number of rotatable bonds is 19. The van der Waals surface area contributed by atoms with Crippen LogP contribution in [0.1, 0.15) is 93.4 Å². The molecule has 4 heterocycles. The monoisotopic (exact) mass is 835 g/mol. The molecule has 0 spiro atoms. The number of ether oxygens (including phenoxy) is 2. The Kier molecular flexibility index (Phi) is 21.6. The Morgan fingerprint density at radius 3 is 1.84 bits per heavy atom. The predicted octanol–water partition coefficient (Wildman–Crippen LogP) is 5.33. The molecule has 2 atom stereocenters. The van der Waals surface area contributed by atoms with Crippen molar-refractivity contribution in [2.45, 2.75) is 90.3 Å². The van der Waals surface area contributed by atoms with Crippen LogP contribution in [0.4, 0.5) is 13.6 Å². The van der Waals surface area contributed by atoms with Crippen LogP contribution >= 0.6 is 11.6 Å². The van der Waals surface area contributed by atoms with Crippen molar-refractivity contribution in [3.63, 3.8) is 0 Å². The van der Waals surface area contributed by atoms with Gasteiger partial charge >= 0.3 is 6.09 Å². The first-order valence-electron chi connectivity index (χ1n) is 18.2. The quantitative estimate of drug-likeness (QED) is 0.0532. The van der Waals surface area contributed by atoms with Crippen LogP contribution in [-0.4, -0.2) is 86.5 Å². The van der Waals surface area contributed by atoms with Crippen LogP contribution in [-0.2, 0) is 14.3 Å². The molecule has 316 valence electrons. The molecule has 0 aromatic carbocycles. The van der Waals surface area contributed by atoms with E-state index >= 15 is 0 Å². The Labute approximate surface area is 337 Å². The van der Waals surface area contributed by atoms with E-state index in [-0.39, 0.29) is 46.6 Å². The number of nitrogens with one attached hydrogen (secondary N) is 4. The highest BCUT2D eigenvalue weighted by atomic mass is 35.5. The summed E-state index contributed by atoms with van der Waals surface area (Å²) in [6.45, 7) is 7.52. The lowest BCUT2D eigenvalue weighted by atomic mass is 10.0. The number of alkyl halides is 1. The fourth-order valence-electron chi connectivity index (χ4n) is 4.54. The molecule has 58 heavy (non-hydrogen) atoms. The van der Waals surface area contributed by atoms with Gasteiger partial charge in [0.2, 0.25) is 11.9 Å². The zero-order chi connectivity index (χ0) is 42.9. The highest BCUT2D eigenvalue weighted by Gasteiger charge is 2.23. The molecule has 17 nitrogen and oxygen atoms in total. The Bertz CT molecular complexity index is 1870. The van der Waals surface area contributed by atoms with Gasteiger partial charge in [-0.3, -0.25) is 24.0 Å². The summed E-state index contributed by atoms with van der Waals surface area (Å²) in [6.07, 6.45) is 9.10. The highest BCUT2D eigenvalue weighted by Crippen LogP contribution is 2.11. The minimum absolute atomic E-state index is 0.148. The fraction of sp³-hybridized carbons (Fsp3) is 0.447. The summed E-state index contributed by atoms with van der Waals surface area (Å²) in [7, 11) is 0. The van der Waals surface area contributed by atoms with Gasteiger partial charge in [0.25, 0.3) is 23.3 Å². The lowest BCUT2D eigenvalue weighted by Crippen LogP contribution is -2.43. The Morgan fingerprint density at radius 2 is 1.41 bits per heavy atom. The largest absolute Gasteiger partial charge is 0.467 e. The van der Waals surface area contributed by atoms with Gasteiger partial charge in [0.15, 0.2) is 18.2 Å². The molecule has 0 aliphatic rings. The summed E-state index contributed by atoms with van der Waals surface area (Å²) in [5.41, 5.74) is -0.431. The number of Topliss-reactive ketones (excluding diaryl/α,β-unsaturated/α-hetero) is 2. The van der Waals surface area contributed by atoms with Crippen molar-refractivity contribution in [3.05, 3.63) is 94.7 Å². The maximum atomic E-state index is 12.9. The standard InChI is InChI=1S/C18H25ClFN3O4.C17H20FN3O4.C3H3NO2/c1-18(2,3)27-17(26)21-9-5-4-6-13(14(24)10-19)23-16(25)12-7-8-15(20)22-11-12;1-2-3-4-5-13(14(22)11-24-16-8-9-25-21-16)20-17(23)12-6-7-15(18)19-10-12;5-3-1-2-6-4-3/h7-8,11,13H,4-6,9-10H2,1-3H3,(H,21,26)(H,23,25);6-10,13H,2-5,11H2,1H3,(H,20,23);1-2H,(H,4,5)/t2*13-;/m00./s1. The third-order valence-electron chi connectivity index (χ3n) is 7.41. The van der Waals surface area contributed by atoms with Crippen LogP contribution in [0.2, 0.25) is 0 Å². The molecule has 0 fully saturated rings. The number of aromatic amines is 1. The first kappa shape index (κ1) is 48.2. The number of amides is 3. The number of hydrogen-bond acceptors (Lipinski definition) is 13. The summed E-state index contributed by atoms with van der Waals surface area (Å²) in [5.74, 6) is -3.01. The van der Waals surface area contributed by atoms with Gasteiger partial charge in [-0.15, -0.1) is 11.6 Å². The van der Waals surface area contributed by atoms with E-state index in [1.807, 2.05) is 6.92 Å². The molecule has 0 radical (unpaired) electrons. The zero-order valence-corrected chi connectivity index (χ0v) is 33.3. The van der Waals surface area contributed by atoms with Gasteiger partial charge in [-0.25, -0.2) is 14.8 Å². The van der Waals surface area contributed by atoms with Crippen LogP contribution in [0.3, 0.4) is 0 Å².